The van der Waals surface area contributed by atoms with Crippen LogP contribution in [0.1, 0.15) is 6.92 Å². The number of carbonyl (C=O) groups excluding carboxylic acids is 2. The maximum atomic E-state index is 13.6. The first kappa shape index (κ1) is 19.2. The molecule has 0 fully saturated rings. The van der Waals surface area contributed by atoms with E-state index in [0.717, 1.165) is 10.6 Å². The van der Waals surface area contributed by atoms with Crippen LogP contribution in [0.5, 0.6) is 0 Å². The van der Waals surface area contributed by atoms with E-state index in [1.54, 1.807) is 24.3 Å². The van der Waals surface area contributed by atoms with Gasteiger partial charge >= 0.3 is 11.7 Å². The van der Waals surface area contributed by atoms with Gasteiger partial charge in [-0.25, -0.2) is 18.0 Å². The van der Waals surface area contributed by atoms with E-state index in [9.17, 15) is 27.6 Å². The van der Waals surface area contributed by atoms with Gasteiger partial charge in [0, 0.05) is 0 Å². The number of esters is 1. The van der Waals surface area contributed by atoms with Crippen LogP contribution in [0.25, 0.3) is 11.1 Å². The van der Waals surface area contributed by atoms with E-state index in [4.69, 9.17) is 9.15 Å². The van der Waals surface area contributed by atoms with Crippen molar-refractivity contribution in [1.82, 2.24) is 4.57 Å². The van der Waals surface area contributed by atoms with Crippen LogP contribution in [0.3, 0.4) is 0 Å². The normalized spacial score (nSPS) is 12.0. The molecule has 0 saturated heterocycles. The van der Waals surface area contributed by atoms with E-state index >= 15 is 0 Å². The third kappa shape index (κ3) is 3.75. The van der Waals surface area contributed by atoms with Crippen LogP contribution in [0, 0.1) is 17.5 Å². The molecule has 7 nitrogen and oxygen atoms in total. The van der Waals surface area contributed by atoms with Crippen molar-refractivity contribution in [3.05, 3.63) is 64.4 Å². The van der Waals surface area contributed by atoms with E-state index in [2.05, 4.69) is 0 Å². The van der Waals surface area contributed by atoms with Crippen LogP contribution >= 0.6 is 0 Å². The number of amides is 1. The fraction of sp³-hybridized carbons (Fsp3) is 0.167. The average Bonchev–Trinajstić information content (AvgIpc) is 2.97. The smallest absolute Gasteiger partial charge is 0.420 e. The second-order valence-corrected chi connectivity index (χ2v) is 5.77. The maximum absolute atomic E-state index is 13.6. The summed E-state index contributed by atoms with van der Waals surface area (Å²) < 4.78 is 50.6. The second kappa shape index (κ2) is 7.59. The van der Waals surface area contributed by atoms with E-state index < -0.39 is 53.4 Å². The average molecular weight is 394 g/mol. The van der Waals surface area contributed by atoms with Crippen LogP contribution in [-0.4, -0.2) is 22.5 Å². The summed E-state index contributed by atoms with van der Waals surface area (Å²) in [5.74, 6) is -7.41. The number of fused-ring (bicyclic) bond motifs is 1. The molecule has 0 aliphatic rings. The highest BCUT2D eigenvalue weighted by molar-refractivity contribution is 5.95. The lowest BCUT2D eigenvalue weighted by Crippen LogP contribution is -2.32. The third-order valence-electron chi connectivity index (χ3n) is 3.83. The van der Waals surface area contributed by atoms with E-state index in [-0.39, 0.29) is 5.58 Å². The number of oxazole rings is 1. The highest BCUT2D eigenvalue weighted by Crippen LogP contribution is 2.20. The Bertz CT molecular complexity index is 1120. The Hall–Kier alpha value is -3.56. The van der Waals surface area contributed by atoms with Crippen LogP contribution in [-0.2, 0) is 20.9 Å². The SMILES string of the molecule is C[C@@H](OC(=O)Cn1c(=O)oc2ccccc21)C(=O)Nc1ccc(F)c(F)c1F. The fourth-order valence-electron chi connectivity index (χ4n) is 2.44. The monoisotopic (exact) mass is 394 g/mol. The summed E-state index contributed by atoms with van der Waals surface area (Å²) >= 11 is 0. The molecule has 2 aromatic carbocycles. The molecular formula is C18H13F3N2O5. The number of ether oxygens (including phenoxy) is 1. The summed E-state index contributed by atoms with van der Waals surface area (Å²) in [5.41, 5.74) is 0.0363. The number of anilines is 1. The molecule has 1 amide bonds. The molecule has 0 radical (unpaired) electrons. The van der Waals surface area contributed by atoms with E-state index in [1.807, 2.05) is 5.32 Å². The molecule has 0 saturated carbocycles. The van der Waals surface area contributed by atoms with Gasteiger partial charge in [-0.2, -0.15) is 0 Å². The molecule has 1 atom stereocenters. The molecule has 1 N–H and O–H groups in total. The minimum Gasteiger partial charge on any atom is -0.451 e. The summed E-state index contributed by atoms with van der Waals surface area (Å²) in [7, 11) is 0. The fourth-order valence-corrected chi connectivity index (χ4v) is 2.44. The second-order valence-electron chi connectivity index (χ2n) is 5.77. The van der Waals surface area contributed by atoms with Crippen molar-refractivity contribution < 1.29 is 31.9 Å². The number of carbonyl (C=O) groups is 2. The van der Waals surface area contributed by atoms with Gasteiger partial charge in [-0.15, -0.1) is 0 Å². The number of nitrogens with one attached hydrogen (secondary N) is 1. The van der Waals surface area contributed by atoms with Gasteiger partial charge in [-0.05, 0) is 31.2 Å². The van der Waals surface area contributed by atoms with Crippen LogP contribution in [0.15, 0.2) is 45.6 Å². The first-order chi connectivity index (χ1) is 13.3. The predicted octanol–water partition coefficient (Wildman–Crippen LogP) is 2.58. The molecule has 3 rings (SSSR count). The number of aromatic nitrogens is 1. The number of rotatable bonds is 5. The van der Waals surface area contributed by atoms with Crippen molar-refractivity contribution in [2.24, 2.45) is 0 Å². The number of benzene rings is 2. The predicted molar refractivity (Wildman–Crippen MR) is 91.0 cm³/mol. The van der Waals surface area contributed by atoms with Crippen LogP contribution in [0.4, 0.5) is 18.9 Å². The molecule has 1 aromatic heterocycles. The van der Waals surface area contributed by atoms with E-state index in [1.165, 1.54) is 6.92 Å². The zero-order chi connectivity index (χ0) is 20.4. The first-order valence-corrected chi connectivity index (χ1v) is 8.00. The van der Waals surface area contributed by atoms with Crippen molar-refractivity contribution in [3.8, 4) is 0 Å². The molecule has 28 heavy (non-hydrogen) atoms. The van der Waals surface area contributed by atoms with Gasteiger partial charge in [0.05, 0.1) is 11.2 Å². The summed E-state index contributed by atoms with van der Waals surface area (Å²) in [5, 5.41) is 2.00. The van der Waals surface area contributed by atoms with Crippen molar-refractivity contribution in [3.63, 3.8) is 0 Å². The summed E-state index contributed by atoms with van der Waals surface area (Å²) in [4.78, 5) is 35.9. The quantitative estimate of drug-likeness (QED) is 0.531. The maximum Gasteiger partial charge on any atom is 0.420 e. The topological polar surface area (TPSA) is 90.5 Å². The number of halogens is 3. The van der Waals surface area contributed by atoms with Crippen LogP contribution in [0.2, 0.25) is 0 Å². The van der Waals surface area contributed by atoms with Gasteiger partial charge in [-0.3, -0.25) is 14.2 Å². The highest BCUT2D eigenvalue weighted by Gasteiger charge is 2.22. The molecule has 0 aliphatic heterocycles. The van der Waals surface area contributed by atoms with E-state index in [0.29, 0.717) is 11.6 Å². The summed E-state index contributed by atoms with van der Waals surface area (Å²) in [6, 6.07) is 7.88. The highest BCUT2D eigenvalue weighted by atomic mass is 19.2. The molecule has 0 aliphatic carbocycles. The zero-order valence-corrected chi connectivity index (χ0v) is 14.4. The third-order valence-corrected chi connectivity index (χ3v) is 3.83. The molecule has 1 heterocycles. The van der Waals surface area contributed by atoms with Gasteiger partial charge < -0.3 is 14.5 Å². The number of hydrogen-bond acceptors (Lipinski definition) is 5. The lowest BCUT2D eigenvalue weighted by Gasteiger charge is -2.14. The molecule has 10 heteroatoms. The molecule has 3 aromatic rings. The van der Waals surface area contributed by atoms with Crippen molar-refractivity contribution in [2.45, 2.75) is 19.6 Å². The molecule has 146 valence electrons. The Morgan fingerprint density at radius 2 is 1.86 bits per heavy atom. The summed E-state index contributed by atoms with van der Waals surface area (Å²) in [6.07, 6.45) is -1.39. The molecule has 0 unspecified atom stereocenters. The number of nitrogens with zero attached hydrogens (tertiary/aromatic N) is 1. The largest absolute Gasteiger partial charge is 0.451 e. The molecular weight excluding hydrogens is 381 g/mol. The van der Waals surface area contributed by atoms with Gasteiger partial charge in [0.1, 0.15) is 6.54 Å². The van der Waals surface area contributed by atoms with Gasteiger partial charge in [0.15, 0.2) is 29.1 Å². The Morgan fingerprint density at radius 3 is 2.61 bits per heavy atom. The van der Waals surface area contributed by atoms with Gasteiger partial charge in [0.25, 0.3) is 5.91 Å². The number of para-hydroxylation sites is 2. The van der Waals surface area contributed by atoms with Crippen molar-refractivity contribution in [2.75, 3.05) is 5.32 Å². The Morgan fingerprint density at radius 1 is 1.14 bits per heavy atom. The summed E-state index contributed by atoms with van der Waals surface area (Å²) in [6.45, 7) is 0.675. The van der Waals surface area contributed by atoms with Crippen molar-refractivity contribution in [1.29, 1.82) is 0 Å². The lowest BCUT2D eigenvalue weighted by molar-refractivity contribution is -0.153. The van der Waals surface area contributed by atoms with Gasteiger partial charge in [-0.1, -0.05) is 12.1 Å². The Labute approximate surface area is 155 Å². The minimum absolute atomic E-state index is 0.278. The standard InChI is InChI=1S/C18H13F3N2O5/c1-9(17(25)22-11-7-6-10(19)15(20)16(11)21)27-14(24)8-23-12-4-2-3-5-13(12)28-18(23)26/h2-7,9H,8H2,1H3,(H,22,25)/t9-/m1/s1. The number of hydrogen-bond donors (Lipinski definition) is 1. The lowest BCUT2D eigenvalue weighted by atomic mass is 10.2. The Kier molecular flexibility index (Phi) is 5.21. The van der Waals surface area contributed by atoms with Crippen LogP contribution < -0.4 is 11.1 Å². The molecule has 0 spiro atoms. The minimum atomic E-state index is -1.74. The zero-order valence-electron chi connectivity index (χ0n) is 14.4. The first-order valence-electron chi connectivity index (χ1n) is 8.00. The van der Waals surface area contributed by atoms with Crippen molar-refractivity contribution >= 4 is 28.7 Å². The molecule has 0 bridgehead atoms. The van der Waals surface area contributed by atoms with Gasteiger partial charge in [0.2, 0.25) is 0 Å². The Balaban J connectivity index is 1.67.